The van der Waals surface area contributed by atoms with E-state index in [0.717, 1.165) is 0 Å². The van der Waals surface area contributed by atoms with Gasteiger partial charge in [-0.15, -0.1) is 0 Å². The molecular formula is C11H14O8. The molecule has 19 heavy (non-hydrogen) atoms. The molecule has 0 amide bonds. The second kappa shape index (κ2) is 6.42. The van der Waals surface area contributed by atoms with Crippen LogP contribution in [0.4, 0.5) is 0 Å². The molecule has 0 radical (unpaired) electrons. The maximum atomic E-state index is 11.0. The Morgan fingerprint density at radius 3 is 1.95 bits per heavy atom. The molecule has 0 bridgehead atoms. The topological polar surface area (TPSA) is 108 Å². The Balaban J connectivity index is 0.000000550. The number of esters is 2. The lowest BCUT2D eigenvalue weighted by Gasteiger charge is -2.32. The average Bonchev–Trinajstić information content (AvgIpc) is 3.02. The van der Waals surface area contributed by atoms with Crippen LogP contribution in [0.15, 0.2) is 0 Å². The summed E-state index contributed by atoms with van der Waals surface area (Å²) in [6, 6.07) is 0. The van der Waals surface area contributed by atoms with E-state index in [1.807, 2.05) is 0 Å². The minimum atomic E-state index is -0.606. The summed E-state index contributed by atoms with van der Waals surface area (Å²) in [5.74, 6) is -0.859. The molecule has 2 saturated heterocycles. The normalized spacial score (nSPS) is 34.8. The van der Waals surface area contributed by atoms with Crippen molar-refractivity contribution in [1.29, 1.82) is 0 Å². The summed E-state index contributed by atoms with van der Waals surface area (Å²) < 4.78 is 20.8. The fourth-order valence-corrected chi connectivity index (χ4v) is 1.87. The van der Waals surface area contributed by atoms with Crippen LogP contribution >= 0.6 is 0 Å². The summed E-state index contributed by atoms with van der Waals surface area (Å²) in [6.45, 7) is 4.36. The van der Waals surface area contributed by atoms with Crippen LogP contribution in [-0.2, 0) is 38.1 Å². The second-order valence-electron chi connectivity index (χ2n) is 4.04. The number of ether oxygens (including phenoxy) is 4. The molecular weight excluding hydrogens is 260 g/mol. The van der Waals surface area contributed by atoms with Gasteiger partial charge in [0.25, 0.3) is 0 Å². The average molecular weight is 274 g/mol. The van der Waals surface area contributed by atoms with E-state index in [9.17, 15) is 9.59 Å². The molecule has 2 fully saturated rings. The van der Waals surface area contributed by atoms with Crippen LogP contribution < -0.4 is 0 Å². The van der Waals surface area contributed by atoms with E-state index in [0.29, 0.717) is 0 Å². The maximum absolute atomic E-state index is 11.0. The molecule has 0 unspecified atom stereocenters. The molecule has 0 aromatic rings. The molecule has 0 spiro atoms. The van der Waals surface area contributed by atoms with E-state index in [2.05, 4.69) is 0 Å². The van der Waals surface area contributed by atoms with Crippen molar-refractivity contribution in [2.75, 3.05) is 0 Å². The van der Waals surface area contributed by atoms with E-state index in [1.54, 1.807) is 6.92 Å². The van der Waals surface area contributed by atoms with E-state index >= 15 is 0 Å². The van der Waals surface area contributed by atoms with Gasteiger partial charge in [-0.1, -0.05) is 0 Å². The first-order chi connectivity index (χ1) is 8.90. The van der Waals surface area contributed by atoms with Crippen LogP contribution in [0.5, 0.6) is 0 Å². The van der Waals surface area contributed by atoms with Gasteiger partial charge in [0.15, 0.2) is 24.6 Å². The summed E-state index contributed by atoms with van der Waals surface area (Å²) in [7, 11) is 0. The third-order valence-corrected chi connectivity index (χ3v) is 2.55. The fraction of sp³-hybridized carbons (Fsp3) is 0.727. The van der Waals surface area contributed by atoms with Crippen molar-refractivity contribution < 1.29 is 38.1 Å². The van der Waals surface area contributed by atoms with Crippen molar-refractivity contribution in [3.63, 3.8) is 0 Å². The molecule has 2 rings (SSSR count). The minimum absolute atomic E-state index is 0.250. The van der Waals surface area contributed by atoms with Gasteiger partial charge in [0.05, 0.1) is 6.10 Å². The van der Waals surface area contributed by atoms with Crippen molar-refractivity contribution >= 4 is 18.1 Å². The summed E-state index contributed by atoms with van der Waals surface area (Å²) in [6.07, 6.45) is -1.94. The molecule has 0 aromatic carbocycles. The summed E-state index contributed by atoms with van der Waals surface area (Å²) in [4.78, 5) is 38.2. The van der Waals surface area contributed by atoms with Gasteiger partial charge in [0, 0.05) is 13.8 Å². The highest BCUT2D eigenvalue weighted by molar-refractivity contribution is 5.67. The number of hydrogen-bond acceptors (Lipinski definition) is 8. The summed E-state index contributed by atoms with van der Waals surface area (Å²) in [5, 5.41) is 0. The molecule has 0 N–H and O–H groups in total. The molecule has 2 aliphatic rings. The third kappa shape index (κ3) is 4.13. The lowest BCUT2D eigenvalue weighted by atomic mass is 10.0. The van der Waals surface area contributed by atoms with E-state index < -0.39 is 24.1 Å². The highest BCUT2D eigenvalue weighted by Gasteiger charge is 2.58. The lowest BCUT2D eigenvalue weighted by molar-refractivity contribution is -0.191. The predicted molar refractivity (Wildman–Crippen MR) is 55.3 cm³/mol. The zero-order valence-electron chi connectivity index (χ0n) is 10.7. The number of carbonyl (C=O) groups excluding carboxylic acids is 4. The van der Waals surface area contributed by atoms with Crippen LogP contribution in [0.1, 0.15) is 20.8 Å². The maximum Gasteiger partial charge on any atom is 0.373 e. The van der Waals surface area contributed by atoms with Crippen molar-refractivity contribution in [2.24, 2.45) is 0 Å². The SMILES string of the molecule is CC(=O)O[C@@H]1[C@H]2O[C@H]2O[C@H](C)[C@H]1OC(C)=O.O=C=O. The van der Waals surface area contributed by atoms with Crippen molar-refractivity contribution in [2.45, 2.75) is 51.5 Å². The smallest absolute Gasteiger partial charge is 0.373 e. The first kappa shape index (κ1) is 15.3. The quantitative estimate of drug-likeness (QED) is 0.485. The van der Waals surface area contributed by atoms with Gasteiger partial charge in [-0.05, 0) is 6.92 Å². The Morgan fingerprint density at radius 2 is 1.47 bits per heavy atom. The fourth-order valence-electron chi connectivity index (χ4n) is 1.87. The van der Waals surface area contributed by atoms with E-state index in [4.69, 9.17) is 28.5 Å². The zero-order chi connectivity index (χ0) is 14.6. The largest absolute Gasteiger partial charge is 0.456 e. The number of fused-ring (bicyclic) bond motifs is 1. The van der Waals surface area contributed by atoms with E-state index in [-0.39, 0.29) is 24.6 Å². The Labute approximate surface area is 108 Å². The van der Waals surface area contributed by atoms with Crippen LogP contribution in [0.25, 0.3) is 0 Å². The van der Waals surface area contributed by atoms with Crippen LogP contribution in [0.3, 0.4) is 0 Å². The van der Waals surface area contributed by atoms with Gasteiger partial charge in [0.1, 0.15) is 0 Å². The van der Waals surface area contributed by atoms with Gasteiger partial charge in [-0.25, -0.2) is 0 Å². The van der Waals surface area contributed by atoms with Gasteiger partial charge < -0.3 is 18.9 Å². The molecule has 0 saturated carbocycles. The number of epoxide rings is 1. The standard InChI is InChI=1S/C10H14O6.CO2/c1-4-7(14-5(2)11)8(15-6(3)12)9-10(13-4)16-9;2-1-3/h4,7-10H,1-3H3;/t4-,7-,8+,9-,10-;/m1./s1. The lowest BCUT2D eigenvalue weighted by Crippen LogP contribution is -2.50. The molecule has 8 nitrogen and oxygen atoms in total. The van der Waals surface area contributed by atoms with Crippen molar-refractivity contribution in [3.8, 4) is 0 Å². The van der Waals surface area contributed by atoms with Crippen LogP contribution in [0, 0.1) is 0 Å². The van der Waals surface area contributed by atoms with Crippen molar-refractivity contribution in [1.82, 2.24) is 0 Å². The predicted octanol–water partition coefficient (Wildman–Crippen LogP) is -0.590. The van der Waals surface area contributed by atoms with Crippen molar-refractivity contribution in [3.05, 3.63) is 0 Å². The molecule has 5 atom stereocenters. The van der Waals surface area contributed by atoms with Gasteiger partial charge in [0.2, 0.25) is 0 Å². The number of hydrogen-bond donors (Lipinski definition) is 0. The number of rotatable bonds is 2. The first-order valence-electron chi connectivity index (χ1n) is 5.55. The molecule has 2 aliphatic heterocycles. The molecule has 106 valence electrons. The third-order valence-electron chi connectivity index (χ3n) is 2.55. The highest BCUT2D eigenvalue weighted by atomic mass is 16.8. The van der Waals surface area contributed by atoms with E-state index in [1.165, 1.54) is 13.8 Å². The second-order valence-corrected chi connectivity index (χ2v) is 4.04. The molecule has 0 aromatic heterocycles. The Bertz CT molecular complexity index is 370. The molecule has 2 heterocycles. The van der Waals surface area contributed by atoms with Gasteiger partial charge >= 0.3 is 18.1 Å². The Kier molecular flexibility index (Phi) is 5.17. The van der Waals surface area contributed by atoms with Crippen LogP contribution in [-0.4, -0.2) is 48.8 Å². The Morgan fingerprint density at radius 1 is 1.00 bits per heavy atom. The highest BCUT2D eigenvalue weighted by Crippen LogP contribution is 2.38. The summed E-state index contributed by atoms with van der Waals surface area (Å²) in [5.41, 5.74) is 0. The Hall–Kier alpha value is -1.76. The molecule has 8 heteroatoms. The first-order valence-corrected chi connectivity index (χ1v) is 5.55. The molecule has 0 aliphatic carbocycles. The van der Waals surface area contributed by atoms with Crippen LogP contribution in [0.2, 0.25) is 0 Å². The zero-order valence-corrected chi connectivity index (χ0v) is 10.7. The van der Waals surface area contributed by atoms with Gasteiger partial charge in [-0.3, -0.25) is 9.59 Å². The number of carbonyl (C=O) groups is 2. The monoisotopic (exact) mass is 274 g/mol. The minimum Gasteiger partial charge on any atom is -0.456 e. The summed E-state index contributed by atoms with van der Waals surface area (Å²) >= 11 is 0. The van der Waals surface area contributed by atoms with Gasteiger partial charge in [-0.2, -0.15) is 9.59 Å².